The average molecular weight is 336 g/mol. The first-order valence-electron chi connectivity index (χ1n) is 8.67. The number of aromatic nitrogens is 3. The van der Waals surface area contributed by atoms with Crippen molar-refractivity contribution in [2.75, 3.05) is 17.2 Å². The highest BCUT2D eigenvalue weighted by Gasteiger charge is 2.45. The topological polar surface area (TPSA) is 86.5 Å². The largest absolute Gasteiger partial charge is 0.366 e. The van der Waals surface area contributed by atoms with E-state index in [0.717, 1.165) is 19.4 Å². The van der Waals surface area contributed by atoms with Gasteiger partial charge in [0.05, 0.1) is 6.20 Å². The Kier molecular flexibility index (Phi) is 4.84. The van der Waals surface area contributed by atoms with Gasteiger partial charge in [-0.25, -0.2) is 4.98 Å². The normalized spacial score (nSPS) is 21.0. The number of nitriles is 1. The van der Waals surface area contributed by atoms with Crippen LogP contribution < -0.4 is 10.6 Å². The van der Waals surface area contributed by atoms with Gasteiger partial charge in [-0.3, -0.25) is 4.98 Å². The number of nitrogens with zero attached hydrogens (tertiary/aromatic N) is 4. The average Bonchev–Trinajstić information content (AvgIpc) is 2.62. The van der Waals surface area contributed by atoms with Crippen LogP contribution in [0.2, 0.25) is 0 Å². The zero-order valence-electron chi connectivity index (χ0n) is 15.0. The molecule has 0 spiro atoms. The van der Waals surface area contributed by atoms with E-state index >= 15 is 0 Å². The molecule has 2 aromatic heterocycles. The van der Waals surface area contributed by atoms with Crippen LogP contribution in [0.3, 0.4) is 0 Å². The maximum absolute atomic E-state index is 9.32. The Labute approximate surface area is 148 Å². The van der Waals surface area contributed by atoms with E-state index < -0.39 is 0 Å². The number of nitrogens with one attached hydrogen (secondary N) is 2. The van der Waals surface area contributed by atoms with Gasteiger partial charge in [-0.1, -0.05) is 20.8 Å². The van der Waals surface area contributed by atoms with Crippen LogP contribution in [0.25, 0.3) is 0 Å². The van der Waals surface area contributed by atoms with E-state index in [0.29, 0.717) is 29.3 Å². The molecule has 2 N–H and O–H groups in total. The van der Waals surface area contributed by atoms with Gasteiger partial charge in [0, 0.05) is 25.0 Å². The molecular formula is C19H24N6. The molecule has 0 unspecified atom stereocenters. The van der Waals surface area contributed by atoms with E-state index in [1.54, 1.807) is 18.6 Å². The van der Waals surface area contributed by atoms with Crippen LogP contribution in [0.5, 0.6) is 0 Å². The van der Waals surface area contributed by atoms with Crippen molar-refractivity contribution in [3.05, 3.63) is 41.9 Å². The fourth-order valence-corrected chi connectivity index (χ4v) is 3.08. The summed E-state index contributed by atoms with van der Waals surface area (Å²) in [6.07, 6.45) is 7.11. The molecule has 130 valence electrons. The van der Waals surface area contributed by atoms with E-state index in [4.69, 9.17) is 0 Å². The Morgan fingerprint density at radius 3 is 2.72 bits per heavy atom. The fourth-order valence-electron chi connectivity index (χ4n) is 3.08. The summed E-state index contributed by atoms with van der Waals surface area (Å²) < 4.78 is 0. The van der Waals surface area contributed by atoms with Crippen LogP contribution >= 0.6 is 0 Å². The third-order valence-electron chi connectivity index (χ3n) is 5.42. The van der Waals surface area contributed by atoms with Gasteiger partial charge < -0.3 is 10.6 Å². The molecule has 6 heteroatoms. The van der Waals surface area contributed by atoms with Gasteiger partial charge in [0.2, 0.25) is 5.95 Å². The summed E-state index contributed by atoms with van der Waals surface area (Å²) in [5.74, 6) is 1.82. The highest BCUT2D eigenvalue weighted by molar-refractivity contribution is 5.54. The lowest BCUT2D eigenvalue weighted by Crippen LogP contribution is -2.52. The molecule has 0 aromatic carbocycles. The van der Waals surface area contributed by atoms with Gasteiger partial charge in [0.25, 0.3) is 0 Å². The highest BCUT2D eigenvalue weighted by atomic mass is 15.2. The number of rotatable bonds is 6. The summed E-state index contributed by atoms with van der Waals surface area (Å²) in [5, 5.41) is 16.0. The second-order valence-corrected chi connectivity index (χ2v) is 7.25. The lowest BCUT2D eigenvalue weighted by molar-refractivity contribution is 0.0654. The molecule has 1 saturated carbocycles. The van der Waals surface area contributed by atoms with Crippen molar-refractivity contribution in [3.63, 3.8) is 0 Å². The quantitative estimate of drug-likeness (QED) is 0.842. The third-order valence-corrected chi connectivity index (χ3v) is 5.42. The van der Waals surface area contributed by atoms with Crippen LogP contribution in [0.4, 0.5) is 11.8 Å². The van der Waals surface area contributed by atoms with E-state index in [1.165, 1.54) is 5.56 Å². The molecule has 6 nitrogen and oxygen atoms in total. The molecule has 0 aliphatic heterocycles. The summed E-state index contributed by atoms with van der Waals surface area (Å²) in [4.78, 5) is 12.8. The maximum atomic E-state index is 9.32. The molecule has 1 aliphatic rings. The van der Waals surface area contributed by atoms with Crippen molar-refractivity contribution in [2.24, 2.45) is 11.3 Å². The summed E-state index contributed by atoms with van der Waals surface area (Å²) >= 11 is 0. The van der Waals surface area contributed by atoms with E-state index in [9.17, 15) is 5.26 Å². The van der Waals surface area contributed by atoms with Crippen LogP contribution in [-0.4, -0.2) is 27.5 Å². The summed E-state index contributed by atoms with van der Waals surface area (Å²) in [6.45, 7) is 7.48. The molecule has 0 radical (unpaired) electrons. The lowest BCUT2D eigenvalue weighted by atomic mass is 9.59. The van der Waals surface area contributed by atoms with Gasteiger partial charge in [0.15, 0.2) is 0 Å². The molecule has 1 aliphatic carbocycles. The molecular weight excluding hydrogens is 312 g/mol. The summed E-state index contributed by atoms with van der Waals surface area (Å²) in [6, 6.07) is 6.49. The molecule has 25 heavy (non-hydrogen) atoms. The molecule has 1 fully saturated rings. The van der Waals surface area contributed by atoms with Crippen molar-refractivity contribution in [3.8, 4) is 6.07 Å². The van der Waals surface area contributed by atoms with Crippen molar-refractivity contribution in [1.29, 1.82) is 5.26 Å². The summed E-state index contributed by atoms with van der Waals surface area (Å²) in [7, 11) is 0. The lowest BCUT2D eigenvalue weighted by Gasteiger charge is -2.51. The third kappa shape index (κ3) is 3.71. The Bertz CT molecular complexity index is 765. The van der Waals surface area contributed by atoms with Gasteiger partial charge in [0.1, 0.15) is 17.5 Å². The molecule has 0 saturated heterocycles. The molecule has 2 atom stereocenters. The Morgan fingerprint density at radius 2 is 2.08 bits per heavy atom. The van der Waals surface area contributed by atoms with Crippen LogP contribution in [0.1, 0.15) is 38.3 Å². The SMILES string of the molecule is C[C@H]1C[C@@H](Nc2nc(NCCc3ccncc3)ncc2C#N)C1(C)C. The zero-order chi connectivity index (χ0) is 17.9. The standard InChI is InChI=1S/C19H24N6/c1-13-10-16(19(13,2)3)24-17-15(11-20)12-23-18(25-17)22-9-6-14-4-7-21-8-5-14/h4-5,7-8,12-13,16H,6,9-10H2,1-3H3,(H2,22,23,24,25)/t13-,16+/m0/s1. The predicted molar refractivity (Wildman–Crippen MR) is 98.2 cm³/mol. The first kappa shape index (κ1) is 17.2. The first-order chi connectivity index (χ1) is 12.0. The number of pyridine rings is 1. The minimum atomic E-state index is 0.201. The summed E-state index contributed by atoms with van der Waals surface area (Å²) in [5.41, 5.74) is 1.89. The smallest absolute Gasteiger partial charge is 0.224 e. The molecule has 0 bridgehead atoms. The van der Waals surface area contributed by atoms with Crippen molar-refractivity contribution >= 4 is 11.8 Å². The highest BCUT2D eigenvalue weighted by Crippen LogP contribution is 2.47. The number of anilines is 2. The molecule has 3 rings (SSSR count). The predicted octanol–water partition coefficient (Wildman–Crippen LogP) is 3.24. The van der Waals surface area contributed by atoms with E-state index in [-0.39, 0.29) is 5.41 Å². The fraction of sp³-hybridized carbons (Fsp3) is 0.474. The monoisotopic (exact) mass is 336 g/mol. The van der Waals surface area contributed by atoms with E-state index in [2.05, 4.69) is 52.4 Å². The number of hydrogen-bond acceptors (Lipinski definition) is 6. The minimum absolute atomic E-state index is 0.201. The van der Waals surface area contributed by atoms with Crippen molar-refractivity contribution in [1.82, 2.24) is 15.0 Å². The van der Waals surface area contributed by atoms with Crippen LogP contribution in [-0.2, 0) is 6.42 Å². The Hall–Kier alpha value is -2.68. The van der Waals surface area contributed by atoms with Crippen LogP contribution in [0.15, 0.2) is 30.7 Å². The first-order valence-corrected chi connectivity index (χ1v) is 8.67. The van der Waals surface area contributed by atoms with Gasteiger partial charge in [-0.05, 0) is 41.9 Å². The van der Waals surface area contributed by atoms with Crippen molar-refractivity contribution < 1.29 is 0 Å². The second-order valence-electron chi connectivity index (χ2n) is 7.25. The molecule has 0 amide bonds. The minimum Gasteiger partial charge on any atom is -0.366 e. The second kappa shape index (κ2) is 7.06. The molecule has 2 heterocycles. The Morgan fingerprint density at radius 1 is 1.32 bits per heavy atom. The van der Waals surface area contributed by atoms with Gasteiger partial charge >= 0.3 is 0 Å². The Balaban J connectivity index is 1.65. The molecule has 2 aromatic rings. The number of hydrogen-bond donors (Lipinski definition) is 2. The van der Waals surface area contributed by atoms with Gasteiger partial charge in [-0.15, -0.1) is 0 Å². The maximum Gasteiger partial charge on any atom is 0.224 e. The van der Waals surface area contributed by atoms with Gasteiger partial charge in [-0.2, -0.15) is 10.2 Å². The van der Waals surface area contributed by atoms with E-state index in [1.807, 2.05) is 12.1 Å². The van der Waals surface area contributed by atoms with Crippen LogP contribution in [0, 0.1) is 22.7 Å². The zero-order valence-corrected chi connectivity index (χ0v) is 15.0. The van der Waals surface area contributed by atoms with Crippen molar-refractivity contribution in [2.45, 2.75) is 39.7 Å².